The summed E-state index contributed by atoms with van der Waals surface area (Å²) in [4.78, 5) is 2.53. The second-order valence-corrected chi connectivity index (χ2v) is 6.28. The Morgan fingerprint density at radius 3 is 2.41 bits per heavy atom. The Morgan fingerprint density at radius 2 is 1.77 bits per heavy atom. The monoisotopic (exact) mass is 306 g/mol. The van der Waals surface area contributed by atoms with E-state index in [0.717, 1.165) is 36.7 Å². The number of aryl methyl sites for hydroxylation is 1. The number of anilines is 1. The lowest BCUT2D eigenvalue weighted by atomic mass is 9.94. The molecule has 1 aliphatic rings. The van der Waals surface area contributed by atoms with Gasteiger partial charge in [0.05, 0.1) is 19.9 Å². The van der Waals surface area contributed by atoms with Crippen LogP contribution < -0.4 is 15.2 Å². The first-order valence-electron chi connectivity index (χ1n) is 8.36. The van der Waals surface area contributed by atoms with Crippen LogP contribution in [0.3, 0.4) is 0 Å². The van der Waals surface area contributed by atoms with E-state index in [-0.39, 0.29) is 0 Å². The third-order valence-corrected chi connectivity index (χ3v) is 4.79. The van der Waals surface area contributed by atoms with Crippen LogP contribution in [0, 0.1) is 0 Å². The molecule has 1 fully saturated rings. The van der Waals surface area contributed by atoms with Crippen molar-refractivity contribution in [2.24, 2.45) is 0 Å². The Balaban J connectivity index is 1.89. The molecule has 0 unspecified atom stereocenters. The highest BCUT2D eigenvalue weighted by atomic mass is 16.5. The SMILES string of the molecule is COc1cc(OC)c(CCCN(C)C2CCCCC2)cc1N. The molecule has 1 saturated carbocycles. The zero-order valence-electron chi connectivity index (χ0n) is 14.2. The van der Waals surface area contributed by atoms with Gasteiger partial charge in [0.25, 0.3) is 0 Å². The van der Waals surface area contributed by atoms with Gasteiger partial charge in [-0.1, -0.05) is 19.3 Å². The van der Waals surface area contributed by atoms with Crippen molar-refractivity contribution in [2.75, 3.05) is 33.5 Å². The van der Waals surface area contributed by atoms with Gasteiger partial charge in [-0.2, -0.15) is 0 Å². The molecule has 0 atom stereocenters. The minimum Gasteiger partial charge on any atom is -0.496 e. The lowest BCUT2D eigenvalue weighted by Gasteiger charge is -2.31. The van der Waals surface area contributed by atoms with Crippen molar-refractivity contribution >= 4 is 5.69 Å². The first-order valence-corrected chi connectivity index (χ1v) is 8.36. The number of methoxy groups -OCH3 is 2. The van der Waals surface area contributed by atoms with Crippen LogP contribution in [0.1, 0.15) is 44.1 Å². The molecule has 1 aromatic carbocycles. The quantitative estimate of drug-likeness (QED) is 0.783. The molecule has 0 aliphatic heterocycles. The average molecular weight is 306 g/mol. The molecule has 0 heterocycles. The molecule has 22 heavy (non-hydrogen) atoms. The Kier molecular flexibility index (Phi) is 6.37. The summed E-state index contributed by atoms with van der Waals surface area (Å²) in [5, 5.41) is 0. The maximum Gasteiger partial charge on any atom is 0.145 e. The minimum absolute atomic E-state index is 0.680. The molecule has 1 aromatic rings. The molecule has 2 rings (SSSR count). The van der Waals surface area contributed by atoms with Gasteiger partial charge in [0.15, 0.2) is 0 Å². The molecule has 0 radical (unpaired) electrons. The number of nitrogens with two attached hydrogens (primary N) is 1. The molecule has 0 spiro atoms. The topological polar surface area (TPSA) is 47.7 Å². The van der Waals surface area contributed by atoms with E-state index in [1.165, 1.54) is 32.1 Å². The second kappa shape index (κ2) is 8.28. The largest absolute Gasteiger partial charge is 0.496 e. The van der Waals surface area contributed by atoms with Gasteiger partial charge in [-0.15, -0.1) is 0 Å². The highest BCUT2D eigenvalue weighted by molar-refractivity contribution is 5.59. The fraction of sp³-hybridized carbons (Fsp3) is 0.667. The van der Waals surface area contributed by atoms with E-state index in [4.69, 9.17) is 15.2 Å². The fourth-order valence-corrected chi connectivity index (χ4v) is 3.41. The van der Waals surface area contributed by atoms with Gasteiger partial charge in [0.2, 0.25) is 0 Å². The smallest absolute Gasteiger partial charge is 0.145 e. The van der Waals surface area contributed by atoms with Gasteiger partial charge in [-0.25, -0.2) is 0 Å². The summed E-state index contributed by atoms with van der Waals surface area (Å²) >= 11 is 0. The molecule has 0 amide bonds. The molecule has 2 N–H and O–H groups in total. The molecule has 124 valence electrons. The fourth-order valence-electron chi connectivity index (χ4n) is 3.41. The predicted molar refractivity (Wildman–Crippen MR) is 91.8 cm³/mol. The maximum atomic E-state index is 6.01. The molecular formula is C18H30N2O2. The molecule has 4 nitrogen and oxygen atoms in total. The zero-order valence-corrected chi connectivity index (χ0v) is 14.2. The minimum atomic E-state index is 0.680. The summed E-state index contributed by atoms with van der Waals surface area (Å²) in [6.07, 6.45) is 9.00. The van der Waals surface area contributed by atoms with E-state index in [2.05, 4.69) is 11.9 Å². The van der Waals surface area contributed by atoms with Crippen LogP contribution in [0.15, 0.2) is 12.1 Å². The summed E-state index contributed by atoms with van der Waals surface area (Å²) in [5.41, 5.74) is 7.86. The van der Waals surface area contributed by atoms with Crippen LogP contribution in [0.4, 0.5) is 5.69 Å². The number of hydrogen-bond acceptors (Lipinski definition) is 4. The van der Waals surface area contributed by atoms with E-state index in [1.807, 2.05) is 12.1 Å². The second-order valence-electron chi connectivity index (χ2n) is 6.28. The zero-order chi connectivity index (χ0) is 15.9. The van der Waals surface area contributed by atoms with E-state index in [0.29, 0.717) is 11.4 Å². The van der Waals surface area contributed by atoms with Gasteiger partial charge in [0.1, 0.15) is 11.5 Å². The number of nitrogen functional groups attached to an aromatic ring is 1. The standard InChI is InChI=1S/C18H30N2O2/c1-20(15-9-5-4-6-10-15)11-7-8-14-12-16(19)18(22-3)13-17(14)21-2/h12-13,15H,4-11,19H2,1-3H3. The molecule has 0 aromatic heterocycles. The summed E-state index contributed by atoms with van der Waals surface area (Å²) in [7, 11) is 5.59. The van der Waals surface area contributed by atoms with Crippen LogP contribution >= 0.6 is 0 Å². The van der Waals surface area contributed by atoms with Crippen molar-refractivity contribution in [1.29, 1.82) is 0 Å². The molecule has 0 saturated heterocycles. The Morgan fingerprint density at radius 1 is 1.09 bits per heavy atom. The van der Waals surface area contributed by atoms with E-state index >= 15 is 0 Å². The lowest BCUT2D eigenvalue weighted by Crippen LogP contribution is -2.34. The van der Waals surface area contributed by atoms with E-state index < -0.39 is 0 Å². The number of hydrogen-bond donors (Lipinski definition) is 1. The Labute approximate surface area is 134 Å². The maximum absolute atomic E-state index is 6.01. The number of ether oxygens (including phenoxy) is 2. The highest BCUT2D eigenvalue weighted by Gasteiger charge is 2.17. The first-order chi connectivity index (χ1) is 10.7. The number of nitrogens with zero attached hydrogens (tertiary/aromatic N) is 1. The highest BCUT2D eigenvalue weighted by Crippen LogP contribution is 2.31. The van der Waals surface area contributed by atoms with Crippen molar-refractivity contribution in [3.8, 4) is 11.5 Å². The Hall–Kier alpha value is -1.42. The Bertz CT molecular complexity index is 470. The van der Waals surface area contributed by atoms with Gasteiger partial charge >= 0.3 is 0 Å². The van der Waals surface area contributed by atoms with Gasteiger partial charge in [-0.3, -0.25) is 0 Å². The first kappa shape index (κ1) is 16.9. The van der Waals surface area contributed by atoms with Crippen molar-refractivity contribution in [3.05, 3.63) is 17.7 Å². The van der Waals surface area contributed by atoms with Gasteiger partial charge in [0, 0.05) is 12.1 Å². The summed E-state index contributed by atoms with van der Waals surface area (Å²) in [5.74, 6) is 1.55. The van der Waals surface area contributed by atoms with Crippen molar-refractivity contribution in [3.63, 3.8) is 0 Å². The third kappa shape index (κ3) is 4.29. The third-order valence-electron chi connectivity index (χ3n) is 4.79. The van der Waals surface area contributed by atoms with E-state index in [1.54, 1.807) is 14.2 Å². The van der Waals surface area contributed by atoms with Crippen molar-refractivity contribution in [2.45, 2.75) is 51.0 Å². The predicted octanol–water partition coefficient (Wildman–Crippen LogP) is 3.48. The summed E-state index contributed by atoms with van der Waals surface area (Å²) < 4.78 is 10.7. The van der Waals surface area contributed by atoms with Gasteiger partial charge < -0.3 is 20.1 Å². The van der Waals surface area contributed by atoms with Crippen LogP contribution in [0.2, 0.25) is 0 Å². The molecule has 1 aliphatic carbocycles. The van der Waals surface area contributed by atoms with E-state index in [9.17, 15) is 0 Å². The van der Waals surface area contributed by atoms with Crippen LogP contribution in [0.25, 0.3) is 0 Å². The normalized spacial score (nSPS) is 16.0. The van der Waals surface area contributed by atoms with Gasteiger partial charge in [-0.05, 0) is 50.9 Å². The summed E-state index contributed by atoms with van der Waals surface area (Å²) in [6.45, 7) is 1.12. The van der Waals surface area contributed by atoms with Crippen LogP contribution in [-0.4, -0.2) is 38.8 Å². The molecule has 0 bridgehead atoms. The summed E-state index contributed by atoms with van der Waals surface area (Å²) in [6, 6.07) is 4.64. The van der Waals surface area contributed by atoms with Crippen molar-refractivity contribution in [1.82, 2.24) is 4.90 Å². The van der Waals surface area contributed by atoms with Crippen LogP contribution in [-0.2, 0) is 6.42 Å². The number of benzene rings is 1. The van der Waals surface area contributed by atoms with Crippen molar-refractivity contribution < 1.29 is 9.47 Å². The number of rotatable bonds is 7. The molecule has 4 heteroatoms. The molecular weight excluding hydrogens is 276 g/mol. The average Bonchev–Trinajstić information content (AvgIpc) is 2.55. The lowest BCUT2D eigenvalue weighted by molar-refractivity contribution is 0.190. The van der Waals surface area contributed by atoms with Crippen LogP contribution in [0.5, 0.6) is 11.5 Å².